The molecular formula is C16H16IrN-3. The summed E-state index contributed by atoms with van der Waals surface area (Å²) in [7, 11) is 4.00. The van der Waals surface area contributed by atoms with Crippen LogP contribution in [0.25, 0.3) is 21.7 Å². The van der Waals surface area contributed by atoms with Gasteiger partial charge >= 0.3 is 0 Å². The van der Waals surface area contributed by atoms with E-state index >= 15 is 0 Å². The molecule has 2 heteroatoms. The average Bonchev–Trinajstić information content (AvgIpc) is 2.29. The monoisotopic (exact) mass is 415 g/mol. The molecule has 0 saturated heterocycles. The van der Waals surface area contributed by atoms with Crippen molar-refractivity contribution < 1.29 is 24.7 Å². The van der Waals surface area contributed by atoms with Crippen molar-refractivity contribution in [3.8, 4) is 0 Å². The van der Waals surface area contributed by atoms with Crippen LogP contribution in [0.1, 0.15) is 0 Å². The quantitative estimate of drug-likeness (QED) is 0.301. The molecular weight excluding hydrogens is 398 g/mol. The largest absolute Gasteiger partial charge is 0.358 e. The first-order valence-electron chi connectivity index (χ1n) is 4.91. The van der Waals surface area contributed by atoms with E-state index in [-0.39, 0.29) is 35.0 Å². The zero-order valence-corrected chi connectivity index (χ0v) is 13.0. The molecule has 2 aromatic carbocycles. The maximum absolute atomic E-state index is 4.00. The van der Waals surface area contributed by atoms with Crippen LogP contribution in [0.2, 0.25) is 0 Å². The SMILES string of the molecule is [CH2-][n+]1cccc2ccc3ccc[c-]c3c21.[CH3-].[CH3-].[Ir]. The van der Waals surface area contributed by atoms with Crippen LogP contribution < -0.4 is 4.57 Å². The fourth-order valence-electron chi connectivity index (χ4n) is 1.97. The second-order valence-corrected chi connectivity index (χ2v) is 3.62. The van der Waals surface area contributed by atoms with Gasteiger partial charge in [-0.25, -0.2) is 0 Å². The van der Waals surface area contributed by atoms with Crippen LogP contribution in [0.4, 0.5) is 0 Å². The van der Waals surface area contributed by atoms with E-state index in [1.54, 1.807) is 0 Å². The minimum atomic E-state index is 0. The van der Waals surface area contributed by atoms with Crippen LogP contribution in [0, 0.1) is 28.0 Å². The zero-order chi connectivity index (χ0) is 10.3. The van der Waals surface area contributed by atoms with Crippen LogP contribution >= 0.6 is 0 Å². The molecule has 0 atom stereocenters. The van der Waals surface area contributed by atoms with Crippen molar-refractivity contribution in [2.45, 2.75) is 0 Å². The van der Waals surface area contributed by atoms with Gasteiger partial charge in [-0.15, -0.1) is 29.7 Å². The number of rotatable bonds is 0. The van der Waals surface area contributed by atoms with Crippen molar-refractivity contribution in [2.24, 2.45) is 0 Å². The van der Waals surface area contributed by atoms with Crippen molar-refractivity contribution in [1.29, 1.82) is 0 Å². The first kappa shape index (κ1) is 16.6. The van der Waals surface area contributed by atoms with Gasteiger partial charge in [0.05, 0.1) is 6.20 Å². The van der Waals surface area contributed by atoms with Crippen LogP contribution in [-0.2, 0) is 20.1 Å². The Balaban J connectivity index is 0.000000963. The molecule has 0 amide bonds. The predicted molar refractivity (Wildman–Crippen MR) is 74.1 cm³/mol. The number of fused-ring (bicyclic) bond motifs is 3. The third-order valence-electron chi connectivity index (χ3n) is 2.67. The van der Waals surface area contributed by atoms with E-state index in [0.717, 1.165) is 10.9 Å². The van der Waals surface area contributed by atoms with Crippen LogP contribution in [0.5, 0.6) is 0 Å². The van der Waals surface area contributed by atoms with Gasteiger partial charge in [0.1, 0.15) is 5.52 Å². The smallest absolute Gasteiger partial charge is 0.122 e. The molecule has 0 aliphatic rings. The summed E-state index contributed by atoms with van der Waals surface area (Å²) < 4.78 is 1.90. The summed E-state index contributed by atoms with van der Waals surface area (Å²) in [6.07, 6.45) is 1.96. The Morgan fingerprint density at radius 3 is 2.39 bits per heavy atom. The summed E-state index contributed by atoms with van der Waals surface area (Å²) >= 11 is 0. The van der Waals surface area contributed by atoms with Crippen molar-refractivity contribution in [1.82, 2.24) is 0 Å². The number of aromatic nitrogens is 1. The average molecular weight is 415 g/mol. The topological polar surface area (TPSA) is 3.88 Å². The fraction of sp³-hybridized carbons (Fsp3) is 0. The van der Waals surface area contributed by atoms with Gasteiger partial charge in [0, 0.05) is 32.5 Å². The van der Waals surface area contributed by atoms with E-state index in [0.29, 0.717) is 0 Å². The summed E-state index contributed by atoms with van der Waals surface area (Å²) in [5, 5.41) is 3.53. The van der Waals surface area contributed by atoms with Crippen molar-refractivity contribution >= 4 is 21.7 Å². The Bertz CT molecular complexity index is 647. The number of hydrogen-bond donors (Lipinski definition) is 0. The van der Waals surface area contributed by atoms with E-state index in [4.69, 9.17) is 0 Å². The maximum atomic E-state index is 4.00. The first-order valence-corrected chi connectivity index (χ1v) is 4.91. The Hall–Kier alpha value is -1.37. The molecule has 0 fully saturated rings. The number of benzene rings is 2. The van der Waals surface area contributed by atoms with Gasteiger partial charge in [-0.3, -0.25) is 0 Å². The number of hydrogen-bond acceptors (Lipinski definition) is 0. The minimum Gasteiger partial charge on any atom is -0.358 e. The summed E-state index contributed by atoms with van der Waals surface area (Å²) in [4.78, 5) is 0. The third-order valence-corrected chi connectivity index (χ3v) is 2.67. The summed E-state index contributed by atoms with van der Waals surface area (Å²) in [6.45, 7) is 0. The van der Waals surface area contributed by atoms with Crippen LogP contribution in [-0.4, -0.2) is 0 Å². The van der Waals surface area contributed by atoms with E-state index in [1.165, 1.54) is 10.8 Å². The van der Waals surface area contributed by atoms with Gasteiger partial charge in [-0.1, -0.05) is 29.7 Å². The minimum absolute atomic E-state index is 0. The first-order chi connectivity index (χ1) is 7.36. The van der Waals surface area contributed by atoms with Crippen molar-refractivity contribution in [3.63, 3.8) is 0 Å². The van der Waals surface area contributed by atoms with Crippen molar-refractivity contribution in [2.75, 3.05) is 0 Å². The van der Waals surface area contributed by atoms with E-state index < -0.39 is 0 Å². The fourth-order valence-corrected chi connectivity index (χ4v) is 1.97. The Morgan fingerprint density at radius 1 is 0.944 bits per heavy atom. The molecule has 0 aliphatic carbocycles. The summed E-state index contributed by atoms with van der Waals surface area (Å²) in [5.41, 5.74) is 1.13. The molecule has 0 bridgehead atoms. The Kier molecular flexibility index (Phi) is 6.03. The second kappa shape index (κ2) is 6.53. The summed E-state index contributed by atoms with van der Waals surface area (Å²) in [5.74, 6) is 0. The number of nitrogens with zero attached hydrogens (tertiary/aromatic N) is 1. The zero-order valence-electron chi connectivity index (χ0n) is 10.6. The molecule has 0 saturated carbocycles. The molecule has 1 heterocycles. The molecule has 1 nitrogen and oxygen atoms in total. The molecule has 0 N–H and O–H groups in total. The van der Waals surface area contributed by atoms with Gasteiger partial charge in [0.25, 0.3) is 0 Å². The van der Waals surface area contributed by atoms with E-state index in [9.17, 15) is 0 Å². The van der Waals surface area contributed by atoms with E-state index in [2.05, 4.69) is 37.4 Å². The van der Waals surface area contributed by atoms with Gasteiger partial charge < -0.3 is 19.4 Å². The molecule has 0 spiro atoms. The third kappa shape index (κ3) is 2.55. The van der Waals surface area contributed by atoms with Crippen LogP contribution in [0.15, 0.2) is 48.7 Å². The molecule has 1 aromatic heterocycles. The molecule has 0 aliphatic heterocycles. The van der Waals surface area contributed by atoms with Crippen molar-refractivity contribution in [3.05, 3.63) is 76.6 Å². The molecule has 18 heavy (non-hydrogen) atoms. The van der Waals surface area contributed by atoms with Gasteiger partial charge in [0.15, 0.2) is 0 Å². The number of pyridine rings is 1. The van der Waals surface area contributed by atoms with E-state index in [1.807, 2.05) is 29.0 Å². The molecule has 97 valence electrons. The molecule has 3 aromatic rings. The normalized spacial score (nSPS) is 9.11. The molecule has 1 radical (unpaired) electrons. The van der Waals surface area contributed by atoms with Gasteiger partial charge in [-0.05, 0) is 0 Å². The van der Waals surface area contributed by atoms with Crippen LogP contribution in [0.3, 0.4) is 0 Å². The molecule has 0 unspecified atom stereocenters. The Morgan fingerprint density at radius 2 is 1.61 bits per heavy atom. The van der Waals surface area contributed by atoms with Gasteiger partial charge in [0.2, 0.25) is 0 Å². The molecule has 3 rings (SSSR count). The second-order valence-electron chi connectivity index (χ2n) is 3.62. The standard InChI is InChI=1S/C14H10N.2CH3.Ir/c1-15-10-4-6-12-9-8-11-5-2-3-7-13(11)14(12)15;;;/h2-6,8-10H,1H2;2*1H3;/q3*-1;. The summed E-state index contributed by atoms with van der Waals surface area (Å²) in [6, 6.07) is 17.6. The van der Waals surface area contributed by atoms with Gasteiger partial charge in [-0.2, -0.15) is 0 Å². The Labute approximate surface area is 123 Å². The maximum Gasteiger partial charge on any atom is 0.122 e. The predicted octanol–water partition coefficient (Wildman–Crippen LogP) is 3.62.